The molecule has 0 radical (unpaired) electrons. The van der Waals surface area contributed by atoms with E-state index in [9.17, 15) is 4.39 Å². The van der Waals surface area contributed by atoms with E-state index in [2.05, 4.69) is 19.2 Å². The van der Waals surface area contributed by atoms with Crippen LogP contribution < -0.4 is 5.32 Å². The van der Waals surface area contributed by atoms with E-state index < -0.39 is 0 Å². The van der Waals surface area contributed by atoms with E-state index in [1.54, 1.807) is 6.07 Å². The molecule has 100 valence electrons. The Morgan fingerprint density at radius 3 is 2.78 bits per heavy atom. The molecule has 1 N–H and O–H groups in total. The van der Waals surface area contributed by atoms with Crippen LogP contribution in [0.25, 0.3) is 0 Å². The number of hydrogen-bond donors (Lipinski definition) is 1. The van der Waals surface area contributed by atoms with E-state index in [1.165, 1.54) is 19.3 Å². The fourth-order valence-corrected chi connectivity index (χ4v) is 3.05. The zero-order chi connectivity index (χ0) is 13.1. The van der Waals surface area contributed by atoms with Gasteiger partial charge < -0.3 is 5.32 Å². The molecule has 18 heavy (non-hydrogen) atoms. The topological polar surface area (TPSA) is 12.0 Å². The summed E-state index contributed by atoms with van der Waals surface area (Å²) in [7, 11) is 0. The highest BCUT2D eigenvalue weighted by Crippen LogP contribution is 2.28. The zero-order valence-electron chi connectivity index (χ0n) is 11.7. The van der Waals surface area contributed by atoms with Crippen molar-refractivity contribution in [2.45, 2.75) is 52.6 Å². The largest absolute Gasteiger partial charge is 0.310 e. The molecule has 1 aromatic carbocycles. The van der Waals surface area contributed by atoms with Crippen LogP contribution in [0.15, 0.2) is 18.2 Å². The van der Waals surface area contributed by atoms with Crippen LogP contribution in [-0.4, -0.2) is 6.04 Å². The highest BCUT2D eigenvalue weighted by molar-refractivity contribution is 5.24. The van der Waals surface area contributed by atoms with E-state index in [1.807, 2.05) is 19.1 Å². The molecule has 2 rings (SSSR count). The summed E-state index contributed by atoms with van der Waals surface area (Å²) in [4.78, 5) is 0. The molecule has 0 aliphatic heterocycles. The summed E-state index contributed by atoms with van der Waals surface area (Å²) in [5.41, 5.74) is 1.92. The second-order valence-electron chi connectivity index (χ2n) is 5.98. The molecule has 3 atom stereocenters. The maximum absolute atomic E-state index is 13.6. The molecule has 3 unspecified atom stereocenters. The fraction of sp³-hybridized carbons (Fsp3) is 0.625. The average molecular weight is 249 g/mol. The summed E-state index contributed by atoms with van der Waals surface area (Å²) < 4.78 is 13.6. The standard InChI is InChI=1S/C16H24FN/c1-11-5-7-16(13(3)8-11)18-10-14-9-12(2)4-6-15(14)17/h4,6,9,11,13,16,18H,5,7-8,10H2,1-3H3. The summed E-state index contributed by atoms with van der Waals surface area (Å²) in [6.45, 7) is 7.29. The SMILES string of the molecule is Cc1ccc(F)c(CNC2CCC(C)CC2C)c1. The molecule has 1 fully saturated rings. The van der Waals surface area contributed by atoms with Crippen molar-refractivity contribution in [2.75, 3.05) is 0 Å². The van der Waals surface area contributed by atoms with E-state index in [0.717, 1.165) is 17.0 Å². The third kappa shape index (κ3) is 3.32. The van der Waals surface area contributed by atoms with Gasteiger partial charge in [0.1, 0.15) is 5.82 Å². The van der Waals surface area contributed by atoms with Crippen LogP contribution in [-0.2, 0) is 6.54 Å². The number of benzene rings is 1. The van der Waals surface area contributed by atoms with Gasteiger partial charge in [0, 0.05) is 18.2 Å². The molecule has 0 spiro atoms. The minimum absolute atomic E-state index is 0.0927. The molecule has 1 saturated carbocycles. The molecule has 0 aromatic heterocycles. The summed E-state index contributed by atoms with van der Waals surface area (Å²) in [6.07, 6.45) is 3.79. The van der Waals surface area contributed by atoms with Crippen LogP contribution in [0, 0.1) is 24.6 Å². The predicted octanol–water partition coefficient (Wildman–Crippen LogP) is 4.05. The van der Waals surface area contributed by atoms with Crippen LogP contribution in [0.3, 0.4) is 0 Å². The third-order valence-electron chi connectivity index (χ3n) is 4.19. The Hall–Kier alpha value is -0.890. The summed E-state index contributed by atoms with van der Waals surface area (Å²) >= 11 is 0. The smallest absolute Gasteiger partial charge is 0.127 e. The van der Waals surface area contributed by atoms with Crippen molar-refractivity contribution in [2.24, 2.45) is 11.8 Å². The zero-order valence-corrected chi connectivity index (χ0v) is 11.7. The lowest BCUT2D eigenvalue weighted by Crippen LogP contribution is -2.38. The van der Waals surface area contributed by atoms with Crippen molar-refractivity contribution >= 4 is 0 Å². The average Bonchev–Trinajstić information content (AvgIpc) is 2.32. The Bertz CT molecular complexity index is 402. The Morgan fingerprint density at radius 1 is 1.28 bits per heavy atom. The Morgan fingerprint density at radius 2 is 2.06 bits per heavy atom. The van der Waals surface area contributed by atoms with Crippen LogP contribution in [0.2, 0.25) is 0 Å². The van der Waals surface area contributed by atoms with E-state index in [-0.39, 0.29) is 5.82 Å². The molecule has 1 nitrogen and oxygen atoms in total. The van der Waals surface area contributed by atoms with Crippen molar-refractivity contribution < 1.29 is 4.39 Å². The van der Waals surface area contributed by atoms with Gasteiger partial charge in [-0.2, -0.15) is 0 Å². The van der Waals surface area contributed by atoms with Crippen LogP contribution in [0.5, 0.6) is 0 Å². The lowest BCUT2D eigenvalue weighted by Gasteiger charge is -2.33. The molecule has 0 amide bonds. The van der Waals surface area contributed by atoms with Gasteiger partial charge in [-0.1, -0.05) is 31.5 Å². The van der Waals surface area contributed by atoms with Gasteiger partial charge in [0.15, 0.2) is 0 Å². The van der Waals surface area contributed by atoms with Gasteiger partial charge in [-0.05, 0) is 44.1 Å². The second-order valence-corrected chi connectivity index (χ2v) is 5.98. The maximum atomic E-state index is 13.6. The monoisotopic (exact) mass is 249 g/mol. The summed E-state index contributed by atoms with van der Waals surface area (Å²) in [5.74, 6) is 1.44. The molecule has 1 aliphatic rings. The molecule has 1 aromatic rings. The second kappa shape index (κ2) is 5.83. The van der Waals surface area contributed by atoms with Gasteiger partial charge in [-0.3, -0.25) is 0 Å². The van der Waals surface area contributed by atoms with E-state index in [0.29, 0.717) is 18.5 Å². The van der Waals surface area contributed by atoms with Crippen LogP contribution in [0.1, 0.15) is 44.2 Å². The summed E-state index contributed by atoms with van der Waals surface area (Å²) in [6, 6.07) is 5.88. The normalized spacial score (nSPS) is 28.3. The summed E-state index contributed by atoms with van der Waals surface area (Å²) in [5, 5.41) is 3.54. The molecular formula is C16H24FN. The highest BCUT2D eigenvalue weighted by atomic mass is 19.1. The molecular weight excluding hydrogens is 225 g/mol. The lowest BCUT2D eigenvalue weighted by atomic mass is 9.80. The number of hydrogen-bond acceptors (Lipinski definition) is 1. The molecule has 2 heteroatoms. The molecule has 1 aliphatic carbocycles. The van der Waals surface area contributed by atoms with E-state index in [4.69, 9.17) is 0 Å². The van der Waals surface area contributed by atoms with Gasteiger partial charge >= 0.3 is 0 Å². The first-order valence-corrected chi connectivity index (χ1v) is 7.04. The number of nitrogens with one attached hydrogen (secondary N) is 1. The van der Waals surface area contributed by atoms with Gasteiger partial charge in [0.25, 0.3) is 0 Å². The van der Waals surface area contributed by atoms with Gasteiger partial charge in [0.2, 0.25) is 0 Å². The Kier molecular flexibility index (Phi) is 4.39. The van der Waals surface area contributed by atoms with Crippen molar-refractivity contribution in [3.05, 3.63) is 35.1 Å². The molecule has 0 heterocycles. The fourth-order valence-electron chi connectivity index (χ4n) is 3.05. The first-order valence-electron chi connectivity index (χ1n) is 7.04. The van der Waals surface area contributed by atoms with Gasteiger partial charge in [-0.15, -0.1) is 0 Å². The minimum atomic E-state index is -0.0927. The first kappa shape index (κ1) is 13.5. The van der Waals surface area contributed by atoms with Crippen molar-refractivity contribution in [3.8, 4) is 0 Å². The lowest BCUT2D eigenvalue weighted by molar-refractivity contribution is 0.226. The van der Waals surface area contributed by atoms with Crippen LogP contribution >= 0.6 is 0 Å². The quantitative estimate of drug-likeness (QED) is 0.852. The number of rotatable bonds is 3. The van der Waals surface area contributed by atoms with Crippen molar-refractivity contribution in [1.29, 1.82) is 0 Å². The van der Waals surface area contributed by atoms with Crippen molar-refractivity contribution in [1.82, 2.24) is 5.32 Å². The molecule has 0 saturated heterocycles. The van der Waals surface area contributed by atoms with Crippen LogP contribution in [0.4, 0.5) is 4.39 Å². The van der Waals surface area contributed by atoms with Gasteiger partial charge in [0.05, 0.1) is 0 Å². The van der Waals surface area contributed by atoms with Gasteiger partial charge in [-0.25, -0.2) is 4.39 Å². The number of halogens is 1. The third-order valence-corrected chi connectivity index (χ3v) is 4.19. The highest BCUT2D eigenvalue weighted by Gasteiger charge is 2.24. The van der Waals surface area contributed by atoms with E-state index >= 15 is 0 Å². The molecule has 0 bridgehead atoms. The predicted molar refractivity (Wildman–Crippen MR) is 73.9 cm³/mol. The minimum Gasteiger partial charge on any atom is -0.310 e. The van der Waals surface area contributed by atoms with Crippen molar-refractivity contribution in [3.63, 3.8) is 0 Å². The Balaban J connectivity index is 1.93. The maximum Gasteiger partial charge on any atom is 0.127 e. The first-order chi connectivity index (χ1) is 8.56. The number of aryl methyl sites for hydroxylation is 1. The Labute approximate surface area is 110 Å².